The normalized spacial score (nSPS) is 15.6. The van der Waals surface area contributed by atoms with E-state index in [0.29, 0.717) is 51.4 Å². The summed E-state index contributed by atoms with van der Waals surface area (Å²) in [6.45, 7) is 55.7. The van der Waals surface area contributed by atoms with Gasteiger partial charge >= 0.3 is 86.5 Å². The molecule has 0 saturated heterocycles. The molecule has 42 heteroatoms. The van der Waals surface area contributed by atoms with E-state index in [1.807, 2.05) is 34.6 Å². The van der Waals surface area contributed by atoms with Gasteiger partial charge in [-0.25, -0.2) is 0 Å². The highest BCUT2D eigenvalue weighted by Gasteiger charge is 2.58. The molecule has 0 radical (unpaired) electrons. The van der Waals surface area contributed by atoms with Crippen LogP contribution in [0.5, 0.6) is 0 Å². The summed E-state index contributed by atoms with van der Waals surface area (Å²) in [5, 5.41) is 0. The van der Waals surface area contributed by atoms with Crippen molar-refractivity contribution in [3.05, 3.63) is 0 Å². The van der Waals surface area contributed by atoms with Crippen LogP contribution in [0.15, 0.2) is 0 Å². The van der Waals surface area contributed by atoms with Gasteiger partial charge in [-0.15, -0.1) is 0 Å². The number of alkyl halides is 42. The van der Waals surface area contributed by atoms with Crippen LogP contribution in [-0.2, 0) is 0 Å². The minimum Gasteiger partial charge on any atom is -0.171 e. The van der Waals surface area contributed by atoms with E-state index in [2.05, 4.69) is 0 Å². The summed E-state index contributed by atoms with van der Waals surface area (Å²) in [6, 6.07) is 0. The lowest BCUT2D eigenvalue weighted by Crippen LogP contribution is -2.43. The summed E-state index contributed by atoms with van der Waals surface area (Å²) in [7, 11) is 0. The van der Waals surface area contributed by atoms with Gasteiger partial charge in [-0.2, -0.15) is 184 Å². The maximum Gasteiger partial charge on any atom is 0.400 e. The Kier molecular flexibility index (Phi) is 73.8. The molecule has 0 aromatic rings. The molecule has 0 aliphatic rings. The standard InChI is InChI=1S/3C8H15F3.2C7H10F6.7C7H13F3/c1-6(2,3)7(4,5)8(9,10)11;2*1-5(2)6(3)7(4)8(9,10)11;1-4(2)3-5(6(8,9)10)7(11,12)13;1-2-3-4-5(6(8,9)10)7(11,12)13;1-5(2)6(3,4)7(8,9)10;1-4-6(2,3)5-7(8,9)10;1-4-5-6(2,3)7(8,9)10;2*1-4-5(2)6(3)7(8,9)10;1-3-4-6(2)5-7(8,9)10;1-3-6(4-2)5-7(8,9)10/h1-5H3;2*5-7H,1-4H3;4-5H,3H2,1-2H3;5H,2-4H2,1H3;5H,1-4H3;2*4-5H2,1-3H3;2*5-6H,4H2,1-3H3;2*6H,3-5H2,1-2H3/t;2*6-,7?;;;;;;5?,6-;5-,6?;;/m.11.....10../s1. The van der Waals surface area contributed by atoms with Gasteiger partial charge in [0.15, 0.2) is 11.8 Å². The Bertz CT molecular complexity index is 2500. The average molecular weight is 2000 g/mol. The first-order valence-corrected chi connectivity index (χ1v) is 42.7. The van der Waals surface area contributed by atoms with Crippen LogP contribution in [0.25, 0.3) is 0 Å². The van der Waals surface area contributed by atoms with Crippen molar-refractivity contribution < 1.29 is 184 Å². The lowest BCUT2D eigenvalue weighted by atomic mass is 9.69. The maximum absolute atomic E-state index is 12.3. The van der Waals surface area contributed by atoms with E-state index >= 15 is 0 Å². The molecule has 0 spiro atoms. The third-order valence-electron chi connectivity index (χ3n) is 22.9. The number of hydrogen-bond donors (Lipinski definition) is 0. The zero-order chi connectivity index (χ0) is 108. The first kappa shape index (κ1) is 152. The van der Waals surface area contributed by atoms with Gasteiger partial charge in [-0.1, -0.05) is 313 Å². The van der Waals surface area contributed by atoms with E-state index in [9.17, 15) is 184 Å². The Hall–Kier alpha value is -2.94. The lowest BCUT2D eigenvalue weighted by Gasteiger charge is -2.40. The second-order valence-corrected chi connectivity index (χ2v) is 37.7. The maximum atomic E-state index is 12.3. The fraction of sp³-hybridized carbons (Fsp3) is 1.00. The topological polar surface area (TPSA) is 0 Å². The second-order valence-electron chi connectivity index (χ2n) is 37.7. The third-order valence-corrected chi connectivity index (χ3v) is 22.9. The van der Waals surface area contributed by atoms with Gasteiger partial charge in [0.05, 0.1) is 39.9 Å². The fourth-order valence-electron chi connectivity index (χ4n) is 9.03. The van der Waals surface area contributed by atoms with Crippen LogP contribution < -0.4 is 0 Å². The van der Waals surface area contributed by atoms with Crippen molar-refractivity contribution in [3.63, 3.8) is 0 Å². The van der Waals surface area contributed by atoms with Crippen LogP contribution in [0.3, 0.4) is 0 Å². The van der Waals surface area contributed by atoms with Crippen molar-refractivity contribution in [1.82, 2.24) is 0 Å². The van der Waals surface area contributed by atoms with Crippen LogP contribution in [0.1, 0.15) is 352 Å². The van der Waals surface area contributed by atoms with Gasteiger partial charge in [-0.05, 0) is 89.3 Å². The van der Waals surface area contributed by atoms with Crippen LogP contribution in [0, 0.1) is 122 Å². The molecule has 798 valence electrons. The van der Waals surface area contributed by atoms with Gasteiger partial charge < -0.3 is 0 Å². The van der Waals surface area contributed by atoms with Gasteiger partial charge in [0.2, 0.25) is 0 Å². The van der Waals surface area contributed by atoms with E-state index in [1.54, 1.807) is 132 Å². The van der Waals surface area contributed by atoms with E-state index in [0.717, 1.165) is 6.42 Å². The molecule has 0 N–H and O–H groups in total. The Labute approximate surface area is 742 Å². The molecule has 9 atom stereocenters. The quantitative estimate of drug-likeness (QED) is 0.0845. The molecule has 5 unspecified atom stereocenters. The summed E-state index contributed by atoms with van der Waals surface area (Å²) in [5.41, 5.74) is -6.04. The molecule has 0 fully saturated rings. The molecule has 0 rings (SSSR count). The molecule has 0 heterocycles. The molecule has 0 aromatic heterocycles. The van der Waals surface area contributed by atoms with E-state index < -0.39 is 187 Å². The SMILES string of the molecule is CC(C)(C)C(C)(C)C(F)(F)F.CC(C)C(C)(C)C(F)(F)F.CC(C)CC(C(F)(F)F)C(F)(F)F.CC(C)[C@@H](C)C(C)C(F)(F)F.CC(C)[C@@H](C)C(C)C(F)(F)F.CCC(C)(C)CC(F)(F)F.CCC(C)[C@@H](C)C(F)(F)F.CCC(CC)CC(F)(F)F.CCCC(C)(C)C(F)(F)F.CCCC(C)CC(F)(F)F.CCCCC(C(F)(F)F)C(F)(F)F.CC[C@H](C)C(C)C(F)(F)F. The van der Waals surface area contributed by atoms with Gasteiger partial charge in [0.25, 0.3) is 0 Å². The highest BCUT2D eigenvalue weighted by Crippen LogP contribution is 2.51. The van der Waals surface area contributed by atoms with Gasteiger partial charge in [0.1, 0.15) is 0 Å². The van der Waals surface area contributed by atoms with E-state index in [1.165, 1.54) is 83.1 Å². The van der Waals surface area contributed by atoms with Crippen molar-refractivity contribution >= 4 is 0 Å². The van der Waals surface area contributed by atoms with E-state index in [-0.39, 0.29) is 66.1 Å². The van der Waals surface area contributed by atoms with Crippen molar-refractivity contribution in [2.24, 2.45) is 122 Å². The van der Waals surface area contributed by atoms with Crippen LogP contribution in [-0.4, -0.2) is 86.5 Å². The molecule has 0 amide bonds. The largest absolute Gasteiger partial charge is 0.400 e. The van der Waals surface area contributed by atoms with Crippen LogP contribution >= 0.6 is 0 Å². The summed E-state index contributed by atoms with van der Waals surface area (Å²) < 4.78 is 500. The summed E-state index contributed by atoms with van der Waals surface area (Å²) >= 11 is 0. The molecule has 0 aromatic carbocycles. The fourth-order valence-corrected chi connectivity index (χ4v) is 9.03. The summed E-state index contributed by atoms with van der Waals surface area (Å²) in [6.07, 6.45) is -59.3. The molecule has 0 aliphatic carbocycles. The Morgan fingerprint density at radius 3 is 0.651 bits per heavy atom. The molecule has 0 aliphatic heterocycles. The average Bonchev–Trinajstić information content (AvgIpc) is 0.775. The molecular weight excluding hydrogens is 1840 g/mol. The van der Waals surface area contributed by atoms with Crippen molar-refractivity contribution in [3.8, 4) is 0 Å². The Balaban J connectivity index is -0.000000116. The molecule has 0 saturated carbocycles. The summed E-state index contributed by atoms with van der Waals surface area (Å²) in [4.78, 5) is 0. The monoisotopic (exact) mass is 2000 g/mol. The second kappa shape index (κ2) is 62.8. The van der Waals surface area contributed by atoms with Crippen LogP contribution in [0.4, 0.5) is 184 Å². The highest BCUT2D eigenvalue weighted by molar-refractivity contribution is 4.89. The predicted molar refractivity (Wildman–Crippen MR) is 431 cm³/mol. The number of unbranched alkanes of at least 4 members (excludes halogenated alkanes) is 1. The molecule has 0 bridgehead atoms. The van der Waals surface area contributed by atoms with Crippen molar-refractivity contribution in [2.45, 2.75) is 438 Å². The number of rotatable bonds is 24. The third kappa shape index (κ3) is 80.8. The van der Waals surface area contributed by atoms with Crippen molar-refractivity contribution in [2.75, 3.05) is 0 Å². The molecule has 129 heavy (non-hydrogen) atoms. The van der Waals surface area contributed by atoms with E-state index in [4.69, 9.17) is 0 Å². The first-order valence-electron chi connectivity index (χ1n) is 42.7. The van der Waals surface area contributed by atoms with Gasteiger partial charge in [0, 0.05) is 19.3 Å². The first-order chi connectivity index (χ1) is 55.8. The predicted octanol–water partition coefficient (Wildman–Crippen LogP) is 41.5. The zero-order valence-corrected chi connectivity index (χ0v) is 81.9. The van der Waals surface area contributed by atoms with Crippen LogP contribution in [0.2, 0.25) is 0 Å². The molecular formula is C87H156F42. The van der Waals surface area contributed by atoms with Gasteiger partial charge in [-0.3, -0.25) is 0 Å². The lowest BCUT2D eigenvalue weighted by molar-refractivity contribution is -0.288. The Morgan fingerprint density at radius 2 is 0.558 bits per heavy atom. The summed E-state index contributed by atoms with van der Waals surface area (Å²) in [5.74, 6) is -13.4. The minimum absolute atomic E-state index is 0.0658. The molecule has 0 nitrogen and oxygen atoms in total. The van der Waals surface area contributed by atoms with Crippen molar-refractivity contribution in [1.29, 1.82) is 0 Å². The number of hydrogen-bond acceptors (Lipinski definition) is 0. The smallest absolute Gasteiger partial charge is 0.171 e. The minimum atomic E-state index is -5.19. The zero-order valence-electron chi connectivity index (χ0n) is 81.9. The Morgan fingerprint density at radius 1 is 0.271 bits per heavy atom. The highest BCUT2D eigenvalue weighted by atomic mass is 19.5. The number of halogens is 42.